The van der Waals surface area contributed by atoms with Crippen LogP contribution in [0.4, 0.5) is 5.69 Å². The van der Waals surface area contributed by atoms with Crippen LogP contribution in [0, 0.1) is 33.6 Å². The standard InChI is InChI=1S/C33H41N5O4S/c1-21-12-23(3)32(24(4)13-21)43(41,42)36-25(5)17-34-30-14-22(2)15-31-29(30)18-35-38(31)28-10-6-9-27(16-28)33(40)37-11-7-8-26(19-37)20-39/h6,9-10,12-16,18,25-26,34,36,39H,7-8,11,17,19-20H2,1-5H3. The van der Waals surface area contributed by atoms with Gasteiger partial charge in [0.15, 0.2) is 0 Å². The Kier molecular flexibility index (Phi) is 8.91. The monoisotopic (exact) mass is 603 g/mol. The molecule has 10 heteroatoms. The quantitative estimate of drug-likeness (QED) is 0.251. The third kappa shape index (κ3) is 6.61. The van der Waals surface area contributed by atoms with Crippen LogP contribution < -0.4 is 10.0 Å². The molecule has 3 N–H and O–H groups in total. The van der Waals surface area contributed by atoms with Gasteiger partial charge in [0, 0.05) is 48.9 Å². The summed E-state index contributed by atoms with van der Waals surface area (Å²) in [6, 6.07) is 14.9. The van der Waals surface area contributed by atoms with E-state index in [1.54, 1.807) is 6.20 Å². The number of aryl methyl sites for hydroxylation is 4. The van der Waals surface area contributed by atoms with Gasteiger partial charge in [0.25, 0.3) is 5.91 Å². The number of nitrogens with zero attached hydrogens (tertiary/aromatic N) is 3. The minimum atomic E-state index is -3.70. The van der Waals surface area contributed by atoms with E-state index in [9.17, 15) is 18.3 Å². The van der Waals surface area contributed by atoms with Crippen molar-refractivity contribution in [3.05, 3.63) is 82.5 Å². The number of sulfonamides is 1. The van der Waals surface area contributed by atoms with Crippen LogP contribution in [0.3, 0.4) is 0 Å². The summed E-state index contributed by atoms with van der Waals surface area (Å²) in [6.07, 6.45) is 3.61. The molecule has 4 aromatic rings. The molecule has 1 aliphatic heterocycles. The van der Waals surface area contributed by atoms with E-state index in [4.69, 9.17) is 0 Å². The molecule has 0 radical (unpaired) electrons. The first-order valence-electron chi connectivity index (χ1n) is 14.8. The molecule has 2 atom stereocenters. The van der Waals surface area contributed by atoms with E-state index >= 15 is 0 Å². The molecule has 0 spiro atoms. The molecule has 1 saturated heterocycles. The Labute approximate surface area is 254 Å². The van der Waals surface area contributed by atoms with Crippen LogP contribution >= 0.6 is 0 Å². The lowest BCUT2D eigenvalue weighted by Gasteiger charge is -2.32. The molecule has 5 rings (SSSR count). The number of amides is 1. The van der Waals surface area contributed by atoms with Gasteiger partial charge in [-0.15, -0.1) is 0 Å². The fourth-order valence-electron chi connectivity index (χ4n) is 6.19. The highest BCUT2D eigenvalue weighted by atomic mass is 32.2. The molecular weight excluding hydrogens is 562 g/mol. The number of aliphatic hydroxyl groups excluding tert-OH is 1. The average Bonchev–Trinajstić information content (AvgIpc) is 3.38. The third-order valence-electron chi connectivity index (χ3n) is 8.06. The third-order valence-corrected chi connectivity index (χ3v) is 9.96. The van der Waals surface area contributed by atoms with Crippen LogP contribution in [0.5, 0.6) is 0 Å². The number of aromatic nitrogens is 2. The van der Waals surface area contributed by atoms with Gasteiger partial charge in [-0.25, -0.2) is 17.8 Å². The largest absolute Gasteiger partial charge is 0.396 e. The van der Waals surface area contributed by atoms with Gasteiger partial charge in [-0.2, -0.15) is 5.10 Å². The molecule has 3 aromatic carbocycles. The van der Waals surface area contributed by atoms with Crippen molar-refractivity contribution in [3.63, 3.8) is 0 Å². The average molecular weight is 604 g/mol. The maximum atomic E-state index is 13.3. The number of likely N-dealkylation sites (tertiary alicyclic amines) is 1. The van der Waals surface area contributed by atoms with Gasteiger partial charge < -0.3 is 15.3 Å². The van der Waals surface area contributed by atoms with E-state index < -0.39 is 10.0 Å². The van der Waals surface area contributed by atoms with Crippen molar-refractivity contribution in [1.82, 2.24) is 19.4 Å². The van der Waals surface area contributed by atoms with E-state index in [1.165, 1.54) is 0 Å². The van der Waals surface area contributed by atoms with Gasteiger partial charge in [-0.05, 0) is 100 Å². The first-order chi connectivity index (χ1) is 20.5. The highest BCUT2D eigenvalue weighted by Crippen LogP contribution is 2.29. The van der Waals surface area contributed by atoms with Gasteiger partial charge in [0.2, 0.25) is 10.0 Å². The molecule has 43 heavy (non-hydrogen) atoms. The zero-order valence-electron chi connectivity index (χ0n) is 25.5. The Balaban J connectivity index is 1.35. The van der Waals surface area contributed by atoms with Crippen molar-refractivity contribution in [1.29, 1.82) is 0 Å². The lowest BCUT2D eigenvalue weighted by atomic mass is 9.98. The summed E-state index contributed by atoms with van der Waals surface area (Å²) in [4.78, 5) is 15.5. The van der Waals surface area contributed by atoms with Crippen LogP contribution in [0.25, 0.3) is 16.6 Å². The zero-order chi connectivity index (χ0) is 30.9. The van der Waals surface area contributed by atoms with Crippen LogP contribution in [0.1, 0.15) is 52.4 Å². The first-order valence-corrected chi connectivity index (χ1v) is 16.3. The Morgan fingerprint density at radius 1 is 1.07 bits per heavy atom. The predicted octanol–water partition coefficient (Wildman–Crippen LogP) is 4.88. The number of nitrogens with one attached hydrogen (secondary N) is 2. The van der Waals surface area contributed by atoms with Crippen molar-refractivity contribution in [3.8, 4) is 5.69 Å². The van der Waals surface area contributed by atoms with Gasteiger partial charge in [0.05, 0.1) is 22.3 Å². The summed E-state index contributed by atoms with van der Waals surface area (Å²) in [5, 5.41) is 18.6. The number of hydrogen-bond acceptors (Lipinski definition) is 6. The number of fused-ring (bicyclic) bond motifs is 1. The minimum Gasteiger partial charge on any atom is -0.396 e. The smallest absolute Gasteiger partial charge is 0.253 e. The molecule has 0 bridgehead atoms. The van der Waals surface area contributed by atoms with Crippen molar-refractivity contribution < 1.29 is 18.3 Å². The number of aliphatic hydroxyl groups is 1. The Morgan fingerprint density at radius 3 is 2.51 bits per heavy atom. The second-order valence-corrected chi connectivity index (χ2v) is 13.6. The Bertz CT molecular complexity index is 1740. The zero-order valence-corrected chi connectivity index (χ0v) is 26.3. The van der Waals surface area contributed by atoms with Crippen molar-refractivity contribution >= 4 is 32.5 Å². The van der Waals surface area contributed by atoms with E-state index in [0.717, 1.165) is 57.4 Å². The fraction of sp³-hybridized carbons (Fsp3) is 0.394. The lowest BCUT2D eigenvalue weighted by molar-refractivity contribution is 0.0620. The number of carbonyl (C=O) groups excluding carboxylic acids is 1. The van der Waals surface area contributed by atoms with Crippen molar-refractivity contribution in [2.45, 2.75) is 58.4 Å². The molecule has 2 heterocycles. The Hall–Kier alpha value is -3.73. The number of anilines is 1. The van der Waals surface area contributed by atoms with Gasteiger partial charge >= 0.3 is 0 Å². The Morgan fingerprint density at radius 2 is 1.79 bits per heavy atom. The van der Waals surface area contributed by atoms with Crippen molar-refractivity contribution in [2.75, 3.05) is 31.6 Å². The van der Waals surface area contributed by atoms with E-state index in [0.29, 0.717) is 30.1 Å². The molecule has 9 nitrogen and oxygen atoms in total. The number of piperidine rings is 1. The molecule has 0 saturated carbocycles. The predicted molar refractivity (Wildman–Crippen MR) is 170 cm³/mol. The summed E-state index contributed by atoms with van der Waals surface area (Å²) >= 11 is 0. The lowest BCUT2D eigenvalue weighted by Crippen LogP contribution is -2.40. The van der Waals surface area contributed by atoms with Gasteiger partial charge in [0.1, 0.15) is 0 Å². The first kappa shape index (κ1) is 30.7. The van der Waals surface area contributed by atoms with Crippen molar-refractivity contribution in [2.24, 2.45) is 5.92 Å². The second-order valence-electron chi connectivity index (χ2n) is 11.9. The molecule has 1 amide bonds. The molecule has 1 fully saturated rings. The topological polar surface area (TPSA) is 117 Å². The SMILES string of the molecule is Cc1cc(C)c(S(=O)(=O)NC(C)CNc2cc(C)cc3c2cnn3-c2cccc(C(=O)N3CCCC(CO)C3)c2)c(C)c1. The summed E-state index contributed by atoms with van der Waals surface area (Å²) in [7, 11) is -3.70. The normalized spacial score (nSPS) is 16.4. The van der Waals surface area contributed by atoms with Crippen LogP contribution in [-0.4, -0.2) is 66.4 Å². The van der Waals surface area contributed by atoms with E-state index in [2.05, 4.69) is 15.1 Å². The highest BCUT2D eigenvalue weighted by molar-refractivity contribution is 7.89. The minimum absolute atomic E-state index is 0.0394. The number of rotatable bonds is 9. The molecule has 2 unspecified atom stereocenters. The number of carbonyl (C=O) groups is 1. The maximum absolute atomic E-state index is 13.3. The summed E-state index contributed by atoms with van der Waals surface area (Å²) in [5.41, 5.74) is 6.61. The highest BCUT2D eigenvalue weighted by Gasteiger charge is 2.25. The molecule has 1 aliphatic rings. The molecular formula is C33H41N5O4S. The van der Waals surface area contributed by atoms with Crippen LogP contribution in [0.2, 0.25) is 0 Å². The summed E-state index contributed by atoms with van der Waals surface area (Å²) in [5.74, 6) is 0.0844. The number of hydrogen-bond donors (Lipinski definition) is 3. The number of benzene rings is 3. The van der Waals surface area contributed by atoms with Crippen LogP contribution in [0.15, 0.2) is 59.6 Å². The molecule has 0 aliphatic carbocycles. The maximum Gasteiger partial charge on any atom is 0.253 e. The van der Waals surface area contributed by atoms with Crippen LogP contribution in [-0.2, 0) is 10.0 Å². The summed E-state index contributed by atoms with van der Waals surface area (Å²) in [6.45, 7) is 11.2. The fourth-order valence-corrected chi connectivity index (χ4v) is 7.89. The molecule has 228 valence electrons. The summed E-state index contributed by atoms with van der Waals surface area (Å²) < 4.78 is 31.2. The second kappa shape index (κ2) is 12.5. The van der Waals surface area contributed by atoms with Gasteiger partial charge in [-0.3, -0.25) is 4.79 Å². The van der Waals surface area contributed by atoms with E-state index in [-0.39, 0.29) is 24.5 Å². The molecule has 1 aromatic heterocycles. The van der Waals surface area contributed by atoms with E-state index in [1.807, 2.05) is 92.7 Å². The van der Waals surface area contributed by atoms with Gasteiger partial charge in [-0.1, -0.05) is 23.8 Å².